The number of fused-ring (bicyclic) bond motifs is 1. The summed E-state index contributed by atoms with van der Waals surface area (Å²) in [4.78, 5) is 31.1. The van der Waals surface area contributed by atoms with E-state index < -0.39 is 0 Å². The highest BCUT2D eigenvalue weighted by Crippen LogP contribution is 2.24. The fraction of sp³-hybridized carbons (Fsp3) is 0.353. The first-order valence-corrected chi connectivity index (χ1v) is 7.92. The summed E-state index contributed by atoms with van der Waals surface area (Å²) in [5.74, 6) is 0.478. The van der Waals surface area contributed by atoms with Gasteiger partial charge in [-0.2, -0.15) is 0 Å². The molecule has 24 heavy (non-hydrogen) atoms. The maximum absolute atomic E-state index is 12.4. The zero-order valence-corrected chi connectivity index (χ0v) is 14.2. The topological polar surface area (TPSA) is 84.7 Å². The first-order chi connectivity index (χ1) is 11.4. The highest BCUT2D eigenvalue weighted by Gasteiger charge is 2.21. The average molecular weight is 327 g/mol. The van der Waals surface area contributed by atoms with Crippen molar-refractivity contribution in [3.63, 3.8) is 0 Å². The summed E-state index contributed by atoms with van der Waals surface area (Å²) in [5.41, 5.74) is 1.91. The number of H-pyrrole nitrogens is 1. The molecule has 2 aromatic heterocycles. The van der Waals surface area contributed by atoms with Gasteiger partial charge in [0.1, 0.15) is 11.5 Å². The minimum Gasteiger partial charge on any atom is -0.341 e. The third-order valence-corrected chi connectivity index (χ3v) is 4.11. The zero-order chi connectivity index (χ0) is 17.4. The van der Waals surface area contributed by atoms with Crippen LogP contribution in [0.25, 0.3) is 11.0 Å². The molecule has 3 rings (SSSR count). The van der Waals surface area contributed by atoms with Crippen LogP contribution in [0.1, 0.15) is 49.2 Å². The second kappa shape index (κ2) is 5.99. The zero-order valence-electron chi connectivity index (χ0n) is 14.2. The number of nitrogens with zero attached hydrogens (tertiary/aromatic N) is 3. The fourth-order valence-electron chi connectivity index (χ4n) is 2.90. The number of carbonyl (C=O) groups is 1. The molecule has 1 amide bonds. The molecule has 3 aromatic rings. The Bertz CT molecular complexity index is 947. The van der Waals surface area contributed by atoms with E-state index in [9.17, 15) is 9.59 Å². The molecule has 0 spiro atoms. The van der Waals surface area contributed by atoms with Crippen LogP contribution in [0.15, 0.2) is 35.3 Å². The van der Waals surface area contributed by atoms with E-state index in [0.717, 1.165) is 16.9 Å². The maximum Gasteiger partial charge on any atom is 0.325 e. The lowest BCUT2D eigenvalue weighted by molar-refractivity contribution is 0.0929. The van der Waals surface area contributed by atoms with Crippen molar-refractivity contribution in [3.05, 3.63) is 52.5 Å². The fourth-order valence-corrected chi connectivity index (χ4v) is 2.90. The van der Waals surface area contributed by atoms with Crippen LogP contribution in [0.2, 0.25) is 0 Å². The van der Waals surface area contributed by atoms with E-state index in [1.807, 2.05) is 31.2 Å². The molecule has 1 aromatic carbocycles. The van der Waals surface area contributed by atoms with E-state index in [2.05, 4.69) is 33.7 Å². The van der Waals surface area contributed by atoms with Crippen molar-refractivity contribution in [2.45, 2.75) is 32.9 Å². The van der Waals surface area contributed by atoms with E-state index in [0.29, 0.717) is 5.69 Å². The molecule has 1 atom stereocenters. The van der Waals surface area contributed by atoms with Gasteiger partial charge in [0.2, 0.25) is 0 Å². The van der Waals surface area contributed by atoms with Gasteiger partial charge < -0.3 is 14.9 Å². The molecule has 0 saturated carbocycles. The predicted molar refractivity (Wildman–Crippen MR) is 92.0 cm³/mol. The highest BCUT2D eigenvalue weighted by atomic mass is 16.2. The number of para-hydroxylation sites is 2. The van der Waals surface area contributed by atoms with Crippen molar-refractivity contribution >= 4 is 16.9 Å². The quantitative estimate of drug-likeness (QED) is 0.770. The average Bonchev–Trinajstić information content (AvgIpc) is 3.08. The number of amides is 1. The summed E-state index contributed by atoms with van der Waals surface area (Å²) in [5, 5.41) is 2.92. The van der Waals surface area contributed by atoms with E-state index in [4.69, 9.17) is 0 Å². The van der Waals surface area contributed by atoms with Crippen molar-refractivity contribution in [1.29, 1.82) is 0 Å². The molecule has 0 bridgehead atoms. The molecule has 0 unspecified atom stereocenters. The number of hydrogen-bond acceptors (Lipinski definition) is 3. The van der Waals surface area contributed by atoms with Gasteiger partial charge >= 0.3 is 5.69 Å². The Morgan fingerprint density at radius 2 is 1.96 bits per heavy atom. The lowest BCUT2D eigenvalue weighted by atomic mass is 10.2. The molecule has 0 fully saturated rings. The lowest BCUT2D eigenvalue weighted by Crippen LogP contribution is -2.31. The van der Waals surface area contributed by atoms with Gasteiger partial charge in [-0.3, -0.25) is 9.36 Å². The van der Waals surface area contributed by atoms with Crippen LogP contribution in [0.3, 0.4) is 0 Å². The van der Waals surface area contributed by atoms with Crippen LogP contribution >= 0.6 is 0 Å². The van der Waals surface area contributed by atoms with Crippen LogP contribution in [0, 0.1) is 0 Å². The number of aromatic amines is 1. The number of imidazole rings is 2. The number of nitrogens with one attached hydrogen (secondary N) is 2. The number of benzene rings is 1. The highest BCUT2D eigenvalue weighted by molar-refractivity contribution is 5.92. The van der Waals surface area contributed by atoms with Gasteiger partial charge in [0.05, 0.1) is 17.1 Å². The predicted octanol–water partition coefficient (Wildman–Crippen LogP) is 2.13. The van der Waals surface area contributed by atoms with Gasteiger partial charge in [-0.15, -0.1) is 0 Å². The third kappa shape index (κ3) is 2.62. The van der Waals surface area contributed by atoms with Crippen molar-refractivity contribution in [2.75, 3.05) is 0 Å². The SMILES string of the molecule is CC(C)n1c([C@@H](C)NC(=O)c2c[nH]c(=O)n2C)nc2ccccc21. The summed E-state index contributed by atoms with van der Waals surface area (Å²) in [6, 6.07) is 7.83. The molecule has 0 aliphatic heterocycles. The Balaban J connectivity index is 1.95. The van der Waals surface area contributed by atoms with Crippen LogP contribution in [0.4, 0.5) is 0 Å². The second-order valence-electron chi connectivity index (χ2n) is 6.16. The molecule has 0 radical (unpaired) electrons. The normalized spacial score (nSPS) is 12.7. The molecule has 7 heteroatoms. The molecule has 2 N–H and O–H groups in total. The third-order valence-electron chi connectivity index (χ3n) is 4.11. The molecule has 0 aliphatic carbocycles. The van der Waals surface area contributed by atoms with Gasteiger partial charge in [0.15, 0.2) is 0 Å². The molecule has 2 heterocycles. The maximum atomic E-state index is 12.4. The van der Waals surface area contributed by atoms with Crippen LogP contribution in [0.5, 0.6) is 0 Å². The van der Waals surface area contributed by atoms with Gasteiger partial charge in [-0.25, -0.2) is 9.78 Å². The lowest BCUT2D eigenvalue weighted by Gasteiger charge is -2.18. The number of rotatable bonds is 4. The van der Waals surface area contributed by atoms with Gasteiger partial charge in [-0.1, -0.05) is 12.1 Å². The summed E-state index contributed by atoms with van der Waals surface area (Å²) in [6.07, 6.45) is 1.41. The number of hydrogen-bond donors (Lipinski definition) is 2. The van der Waals surface area contributed by atoms with Crippen LogP contribution < -0.4 is 11.0 Å². The minimum atomic E-state index is -0.317. The molecule has 126 valence electrons. The summed E-state index contributed by atoms with van der Waals surface area (Å²) in [6.45, 7) is 6.06. The van der Waals surface area contributed by atoms with E-state index in [-0.39, 0.29) is 23.7 Å². The molecular formula is C17H21N5O2. The number of carbonyl (C=O) groups excluding carboxylic acids is 1. The van der Waals surface area contributed by atoms with E-state index in [1.165, 1.54) is 10.8 Å². The summed E-state index contributed by atoms with van der Waals surface area (Å²) >= 11 is 0. The second-order valence-corrected chi connectivity index (χ2v) is 6.16. The molecule has 0 saturated heterocycles. The van der Waals surface area contributed by atoms with E-state index in [1.54, 1.807) is 7.05 Å². The largest absolute Gasteiger partial charge is 0.341 e. The Labute approximate surface area is 139 Å². The monoisotopic (exact) mass is 327 g/mol. The van der Waals surface area contributed by atoms with Gasteiger partial charge in [-0.05, 0) is 32.9 Å². The van der Waals surface area contributed by atoms with Crippen LogP contribution in [-0.4, -0.2) is 25.0 Å². The first-order valence-electron chi connectivity index (χ1n) is 7.92. The van der Waals surface area contributed by atoms with Crippen LogP contribution in [-0.2, 0) is 7.05 Å². The standard InChI is InChI=1S/C17H21N5O2/c1-10(2)22-13-8-6-5-7-12(13)20-15(22)11(3)19-16(23)14-9-18-17(24)21(14)4/h5-11H,1-4H3,(H,18,24)(H,19,23)/t11-/m1/s1. The van der Waals surface area contributed by atoms with E-state index >= 15 is 0 Å². The Hall–Kier alpha value is -2.83. The smallest absolute Gasteiger partial charge is 0.325 e. The first kappa shape index (κ1) is 16.0. The Morgan fingerprint density at radius 1 is 1.25 bits per heavy atom. The summed E-state index contributed by atoms with van der Waals surface area (Å²) in [7, 11) is 1.56. The van der Waals surface area contributed by atoms with Gasteiger partial charge in [0, 0.05) is 19.3 Å². The molecular weight excluding hydrogens is 306 g/mol. The van der Waals surface area contributed by atoms with Crippen molar-refractivity contribution in [1.82, 2.24) is 24.4 Å². The molecule has 7 nitrogen and oxygen atoms in total. The molecule has 0 aliphatic rings. The van der Waals surface area contributed by atoms with Crippen molar-refractivity contribution < 1.29 is 4.79 Å². The Kier molecular flexibility index (Phi) is 4.01. The summed E-state index contributed by atoms with van der Waals surface area (Å²) < 4.78 is 3.41. The number of aromatic nitrogens is 4. The minimum absolute atomic E-state index is 0.211. The van der Waals surface area contributed by atoms with Gasteiger partial charge in [0.25, 0.3) is 5.91 Å². The Morgan fingerprint density at radius 3 is 2.58 bits per heavy atom. The van der Waals surface area contributed by atoms with Crippen molar-refractivity contribution in [3.8, 4) is 0 Å². The van der Waals surface area contributed by atoms with Crippen molar-refractivity contribution in [2.24, 2.45) is 7.05 Å².